The van der Waals surface area contributed by atoms with Crippen molar-refractivity contribution in [2.75, 3.05) is 40.3 Å². The highest BCUT2D eigenvalue weighted by Crippen LogP contribution is 2.30. The number of ether oxygens (including phenoxy) is 3. The second kappa shape index (κ2) is 13.2. The number of amides is 2. The fourth-order valence-corrected chi connectivity index (χ4v) is 4.55. The van der Waals surface area contributed by atoms with Gasteiger partial charge in [0.25, 0.3) is 5.91 Å². The second-order valence-electron chi connectivity index (χ2n) is 11.0. The van der Waals surface area contributed by atoms with Crippen LogP contribution in [0.15, 0.2) is 24.4 Å². The summed E-state index contributed by atoms with van der Waals surface area (Å²) in [4.78, 5) is 44.4. The number of hydrogen-bond acceptors (Lipinski definition) is 8. The molecule has 0 fully saturated rings. The van der Waals surface area contributed by atoms with Crippen molar-refractivity contribution in [2.45, 2.75) is 59.7 Å². The van der Waals surface area contributed by atoms with Crippen LogP contribution >= 0.6 is 0 Å². The van der Waals surface area contributed by atoms with E-state index in [1.807, 2.05) is 34.6 Å². The Labute approximate surface area is 240 Å². The molecule has 0 spiro atoms. The number of hydrogen-bond donors (Lipinski definition) is 1. The first-order valence-electron chi connectivity index (χ1n) is 13.6. The van der Waals surface area contributed by atoms with E-state index >= 15 is 0 Å². The Kier molecular flexibility index (Phi) is 10.2. The summed E-state index contributed by atoms with van der Waals surface area (Å²) in [5, 5.41) is 2.57. The number of pyridine rings is 1. The molecule has 0 bridgehead atoms. The molecule has 10 nitrogen and oxygen atoms in total. The molecule has 0 saturated carbocycles. The molecule has 1 aromatic heterocycles. The van der Waals surface area contributed by atoms with Crippen LogP contribution in [0.1, 0.15) is 78.3 Å². The SMILES string of the molecule is CCc1cnc([C@@H](CN2CC[N+](C(=O)OC(C)(C)C)=C(C)C2)Oc2cc(C)c(C(=O)OC)cc2C(=O)NC)cc1F. The normalized spacial score (nSPS) is 14.9. The maximum absolute atomic E-state index is 14.9. The summed E-state index contributed by atoms with van der Waals surface area (Å²) in [7, 11) is 2.74. The first-order valence-corrected chi connectivity index (χ1v) is 13.6. The molecule has 1 N–H and O–H groups in total. The molecule has 2 amide bonds. The van der Waals surface area contributed by atoms with Crippen molar-refractivity contribution in [2.24, 2.45) is 0 Å². The van der Waals surface area contributed by atoms with E-state index in [2.05, 4.69) is 15.2 Å². The van der Waals surface area contributed by atoms with Crippen LogP contribution in [0, 0.1) is 12.7 Å². The van der Waals surface area contributed by atoms with Gasteiger partial charge in [0.1, 0.15) is 17.2 Å². The zero-order valence-corrected chi connectivity index (χ0v) is 25.1. The zero-order chi connectivity index (χ0) is 30.5. The van der Waals surface area contributed by atoms with Crippen LogP contribution in [-0.2, 0) is 15.9 Å². The van der Waals surface area contributed by atoms with Gasteiger partial charge in [0, 0.05) is 32.3 Å². The molecule has 1 atom stereocenters. The molecule has 3 rings (SSSR count). The highest BCUT2D eigenvalue weighted by molar-refractivity contribution is 6.00. The molecule has 0 saturated heterocycles. The number of nitrogens with zero attached hydrogens (tertiary/aromatic N) is 3. The molecule has 41 heavy (non-hydrogen) atoms. The third-order valence-electron chi connectivity index (χ3n) is 6.73. The van der Waals surface area contributed by atoms with Gasteiger partial charge < -0.3 is 19.5 Å². The highest BCUT2D eigenvalue weighted by Gasteiger charge is 2.34. The van der Waals surface area contributed by atoms with Gasteiger partial charge in [-0.05, 0) is 57.9 Å². The number of halogens is 1. The molecule has 11 heteroatoms. The van der Waals surface area contributed by atoms with Gasteiger partial charge in [0.15, 0.2) is 18.4 Å². The standard InChI is InChI=1S/C30H39FN4O6/c1-9-20-15-33-24(14-23(20)31)26(17-34-10-11-35(19(3)16-34)29(38)41-30(4,5)6)40-25-12-18(2)21(28(37)39-8)13-22(25)27(36)32-7/h12-15,26H,9-11,16-17H2,1-8H3/p+1/t26-/m1/s1. The topological polar surface area (TPSA) is 110 Å². The van der Waals surface area contributed by atoms with Crippen LogP contribution in [0.25, 0.3) is 0 Å². The lowest BCUT2D eigenvalue weighted by atomic mass is 10.0. The Balaban J connectivity index is 1.99. The van der Waals surface area contributed by atoms with Gasteiger partial charge in [0.2, 0.25) is 0 Å². The molecule has 1 aliphatic rings. The fraction of sp³-hybridized carbons (Fsp3) is 0.500. The monoisotopic (exact) mass is 571 g/mol. The fourth-order valence-electron chi connectivity index (χ4n) is 4.55. The smallest absolute Gasteiger partial charge is 0.482 e. The molecule has 2 heterocycles. The number of aryl methyl sites for hydroxylation is 2. The van der Waals surface area contributed by atoms with Gasteiger partial charge in [0.05, 0.1) is 37.0 Å². The second-order valence-corrected chi connectivity index (χ2v) is 11.0. The summed E-state index contributed by atoms with van der Waals surface area (Å²) in [6, 6.07) is 4.38. The number of carbonyl (C=O) groups is 3. The maximum Gasteiger partial charge on any atom is 0.596 e. The van der Waals surface area contributed by atoms with Crippen LogP contribution in [0.5, 0.6) is 5.75 Å². The summed E-state index contributed by atoms with van der Waals surface area (Å²) >= 11 is 0. The van der Waals surface area contributed by atoms with Crippen molar-refractivity contribution < 1.29 is 37.6 Å². The predicted molar refractivity (Wildman–Crippen MR) is 151 cm³/mol. The number of methoxy groups -OCH3 is 1. The molecular formula is C30H40FN4O6+. The number of nitrogens with one attached hydrogen (secondary N) is 1. The largest absolute Gasteiger partial charge is 0.596 e. The molecule has 2 aromatic rings. The maximum atomic E-state index is 14.9. The van der Waals surface area contributed by atoms with Crippen molar-refractivity contribution in [3.05, 3.63) is 58.2 Å². The average Bonchev–Trinajstić information content (AvgIpc) is 2.91. The first kappa shape index (κ1) is 31.7. The molecule has 1 aromatic carbocycles. The van der Waals surface area contributed by atoms with Crippen LogP contribution in [0.2, 0.25) is 0 Å². The van der Waals surface area contributed by atoms with Crippen LogP contribution in [-0.4, -0.2) is 84.1 Å². The van der Waals surface area contributed by atoms with Crippen LogP contribution in [0.3, 0.4) is 0 Å². The minimum absolute atomic E-state index is 0.131. The minimum Gasteiger partial charge on any atom is -0.482 e. The summed E-state index contributed by atoms with van der Waals surface area (Å²) in [5.41, 5.74) is 1.93. The molecule has 0 aliphatic carbocycles. The quantitative estimate of drug-likeness (QED) is 0.373. The number of rotatable bonds is 8. The van der Waals surface area contributed by atoms with E-state index in [0.717, 1.165) is 5.71 Å². The van der Waals surface area contributed by atoms with E-state index in [0.29, 0.717) is 49.4 Å². The number of benzene rings is 1. The Morgan fingerprint density at radius 2 is 1.88 bits per heavy atom. The van der Waals surface area contributed by atoms with Crippen LogP contribution in [0.4, 0.5) is 9.18 Å². The van der Waals surface area contributed by atoms with Gasteiger partial charge in [-0.3, -0.25) is 14.7 Å². The predicted octanol–water partition coefficient (Wildman–Crippen LogP) is 4.08. The molecule has 0 radical (unpaired) electrons. The first-order chi connectivity index (χ1) is 19.3. The Hall–Kier alpha value is -3.86. The third kappa shape index (κ3) is 7.87. The lowest BCUT2D eigenvalue weighted by molar-refractivity contribution is -0.458. The van der Waals surface area contributed by atoms with Gasteiger partial charge in [-0.2, -0.15) is 4.79 Å². The average molecular weight is 572 g/mol. The summed E-state index contributed by atoms with van der Waals surface area (Å²) < 4.78 is 33.3. The van der Waals surface area contributed by atoms with Gasteiger partial charge in [-0.1, -0.05) is 6.92 Å². The molecular weight excluding hydrogens is 531 g/mol. The molecule has 222 valence electrons. The van der Waals surface area contributed by atoms with E-state index in [4.69, 9.17) is 14.2 Å². The Morgan fingerprint density at radius 3 is 2.44 bits per heavy atom. The summed E-state index contributed by atoms with van der Waals surface area (Å²) in [6.07, 6.45) is 0.797. The number of aromatic nitrogens is 1. The number of carbonyl (C=O) groups excluding carboxylic acids is 3. The molecule has 1 aliphatic heterocycles. The lowest BCUT2D eigenvalue weighted by Crippen LogP contribution is -2.48. The van der Waals surface area contributed by atoms with E-state index in [9.17, 15) is 18.8 Å². The number of esters is 1. The van der Waals surface area contributed by atoms with Crippen molar-refractivity contribution in [3.63, 3.8) is 0 Å². The van der Waals surface area contributed by atoms with E-state index in [1.165, 1.54) is 32.5 Å². The highest BCUT2D eigenvalue weighted by atomic mass is 19.1. The van der Waals surface area contributed by atoms with E-state index in [-0.39, 0.29) is 16.9 Å². The van der Waals surface area contributed by atoms with Crippen molar-refractivity contribution in [1.82, 2.24) is 15.2 Å². The van der Waals surface area contributed by atoms with Gasteiger partial charge >= 0.3 is 12.1 Å². The van der Waals surface area contributed by atoms with Crippen molar-refractivity contribution >= 4 is 23.7 Å². The van der Waals surface area contributed by atoms with Crippen molar-refractivity contribution in [3.8, 4) is 5.75 Å². The molecule has 0 unspecified atom stereocenters. The summed E-state index contributed by atoms with van der Waals surface area (Å²) in [5.74, 6) is -1.22. The summed E-state index contributed by atoms with van der Waals surface area (Å²) in [6.45, 7) is 12.5. The van der Waals surface area contributed by atoms with Gasteiger partial charge in [-0.25, -0.2) is 9.18 Å². The van der Waals surface area contributed by atoms with E-state index < -0.39 is 35.5 Å². The minimum atomic E-state index is -0.775. The van der Waals surface area contributed by atoms with Crippen LogP contribution < -0.4 is 10.1 Å². The van der Waals surface area contributed by atoms with E-state index in [1.54, 1.807) is 17.6 Å². The van der Waals surface area contributed by atoms with Crippen molar-refractivity contribution in [1.29, 1.82) is 0 Å². The van der Waals surface area contributed by atoms with Gasteiger partial charge in [-0.15, -0.1) is 4.58 Å². The third-order valence-corrected chi connectivity index (χ3v) is 6.73. The lowest BCUT2D eigenvalue weighted by Gasteiger charge is -2.30. The zero-order valence-electron chi connectivity index (χ0n) is 25.1. The Bertz CT molecular complexity index is 1350. The Morgan fingerprint density at radius 1 is 1.17 bits per heavy atom.